The van der Waals surface area contributed by atoms with Crippen LogP contribution in [0.5, 0.6) is 0 Å². The van der Waals surface area contributed by atoms with Crippen molar-refractivity contribution in [3.8, 4) is 0 Å². The number of hydrogen-bond acceptors (Lipinski definition) is 4. The number of ether oxygens (including phenoxy) is 1. The predicted molar refractivity (Wildman–Crippen MR) is 65.6 cm³/mol. The Balaban J connectivity index is 2.47. The molecule has 0 amide bonds. The Morgan fingerprint density at radius 3 is 2.70 bits per heavy atom. The molecule has 1 aromatic heterocycles. The molecule has 0 spiro atoms. The molecule has 0 radical (unpaired) electrons. The summed E-state index contributed by atoms with van der Waals surface area (Å²) in [5.41, 5.74) is -3.30. The SMILES string of the molecule is CC[C@@]1(CF)O[C@@H](n2cc(F)c(=O)[nH]c2=O)[C@H](O)[C@@H]1C. The number of aliphatic hydroxyl groups excluding tert-OH is 1. The van der Waals surface area contributed by atoms with Crippen LogP contribution in [0.3, 0.4) is 0 Å². The van der Waals surface area contributed by atoms with Crippen LogP contribution in [0, 0.1) is 11.7 Å². The minimum absolute atomic E-state index is 0.290. The number of halogens is 2. The summed E-state index contributed by atoms with van der Waals surface area (Å²) in [5, 5.41) is 10.1. The van der Waals surface area contributed by atoms with Gasteiger partial charge in [0.05, 0.1) is 6.20 Å². The lowest BCUT2D eigenvalue weighted by Gasteiger charge is -2.28. The van der Waals surface area contributed by atoms with E-state index in [4.69, 9.17) is 4.74 Å². The highest BCUT2D eigenvalue weighted by Crippen LogP contribution is 2.43. The Morgan fingerprint density at radius 1 is 1.55 bits per heavy atom. The summed E-state index contributed by atoms with van der Waals surface area (Å²) >= 11 is 0. The molecule has 112 valence electrons. The van der Waals surface area contributed by atoms with Crippen LogP contribution in [0.15, 0.2) is 15.8 Å². The first-order valence-corrected chi connectivity index (χ1v) is 6.29. The van der Waals surface area contributed by atoms with Gasteiger partial charge < -0.3 is 9.84 Å². The molecule has 2 rings (SSSR count). The Labute approximate surface area is 113 Å². The second-order valence-electron chi connectivity index (χ2n) is 4.98. The van der Waals surface area contributed by atoms with Gasteiger partial charge in [-0.3, -0.25) is 14.3 Å². The van der Waals surface area contributed by atoms with E-state index in [1.807, 2.05) is 0 Å². The van der Waals surface area contributed by atoms with Gasteiger partial charge in [0.1, 0.15) is 18.4 Å². The van der Waals surface area contributed by atoms with E-state index in [1.165, 1.54) is 0 Å². The van der Waals surface area contributed by atoms with Crippen molar-refractivity contribution in [3.63, 3.8) is 0 Å². The van der Waals surface area contributed by atoms with Gasteiger partial charge in [0.25, 0.3) is 5.56 Å². The average Bonchev–Trinajstić information content (AvgIpc) is 2.68. The van der Waals surface area contributed by atoms with Gasteiger partial charge >= 0.3 is 5.69 Å². The number of aromatic nitrogens is 2. The molecule has 0 aliphatic carbocycles. The fraction of sp³-hybridized carbons (Fsp3) is 0.667. The zero-order chi connectivity index (χ0) is 15.1. The number of aliphatic hydroxyl groups is 1. The van der Waals surface area contributed by atoms with Crippen molar-refractivity contribution in [2.24, 2.45) is 5.92 Å². The molecular formula is C12H16F2N2O4. The second-order valence-corrected chi connectivity index (χ2v) is 4.98. The van der Waals surface area contributed by atoms with Gasteiger partial charge in [0.2, 0.25) is 5.82 Å². The monoisotopic (exact) mass is 290 g/mol. The van der Waals surface area contributed by atoms with Crippen LogP contribution in [0.4, 0.5) is 8.78 Å². The molecule has 1 fully saturated rings. The zero-order valence-corrected chi connectivity index (χ0v) is 11.1. The van der Waals surface area contributed by atoms with E-state index in [2.05, 4.69) is 0 Å². The Hall–Kier alpha value is -1.54. The van der Waals surface area contributed by atoms with Crippen molar-refractivity contribution in [3.05, 3.63) is 32.9 Å². The highest BCUT2D eigenvalue weighted by molar-refractivity contribution is 4.99. The van der Waals surface area contributed by atoms with E-state index < -0.39 is 47.6 Å². The third-order valence-electron chi connectivity index (χ3n) is 4.01. The normalized spacial score (nSPS) is 33.5. The highest BCUT2D eigenvalue weighted by atomic mass is 19.1. The van der Waals surface area contributed by atoms with Crippen molar-refractivity contribution < 1.29 is 18.6 Å². The summed E-state index contributed by atoms with van der Waals surface area (Å²) < 4.78 is 32.8. The van der Waals surface area contributed by atoms with Crippen molar-refractivity contribution in [2.75, 3.05) is 6.67 Å². The first kappa shape index (κ1) is 14.9. The molecule has 1 saturated heterocycles. The summed E-state index contributed by atoms with van der Waals surface area (Å²) in [6.45, 7) is 2.46. The lowest BCUT2D eigenvalue weighted by molar-refractivity contribution is -0.106. The highest BCUT2D eigenvalue weighted by Gasteiger charge is 2.52. The Bertz CT molecular complexity index is 608. The predicted octanol–water partition coefficient (Wildman–Crippen LogP) is 0.320. The standard InChI is InChI=1S/C12H16F2N2O4/c1-3-12(5-13)6(2)8(17)10(20-12)16-4-7(14)9(18)15-11(16)19/h4,6,8,10,17H,3,5H2,1-2H3,(H,15,18,19)/t6-,8+,10+,12-/m0/s1. The molecule has 4 atom stereocenters. The van der Waals surface area contributed by atoms with Gasteiger partial charge in [-0.05, 0) is 6.42 Å². The molecule has 1 aliphatic rings. The van der Waals surface area contributed by atoms with E-state index >= 15 is 0 Å². The minimum Gasteiger partial charge on any atom is -0.388 e. The topological polar surface area (TPSA) is 84.3 Å². The number of nitrogens with zero attached hydrogens (tertiary/aromatic N) is 1. The van der Waals surface area contributed by atoms with Crippen molar-refractivity contribution >= 4 is 0 Å². The van der Waals surface area contributed by atoms with Crippen molar-refractivity contribution in [2.45, 2.75) is 38.2 Å². The van der Waals surface area contributed by atoms with Gasteiger partial charge in [0, 0.05) is 5.92 Å². The quantitative estimate of drug-likeness (QED) is 0.839. The molecule has 0 saturated carbocycles. The van der Waals surface area contributed by atoms with Gasteiger partial charge in [0.15, 0.2) is 6.23 Å². The minimum atomic E-state index is -1.24. The third-order valence-corrected chi connectivity index (χ3v) is 4.01. The van der Waals surface area contributed by atoms with E-state index in [1.54, 1.807) is 18.8 Å². The first-order chi connectivity index (χ1) is 9.36. The van der Waals surface area contributed by atoms with Crippen LogP contribution >= 0.6 is 0 Å². The van der Waals surface area contributed by atoms with E-state index in [-0.39, 0.29) is 0 Å². The molecule has 0 unspecified atom stereocenters. The fourth-order valence-electron chi connectivity index (χ4n) is 2.50. The number of alkyl halides is 1. The van der Waals surface area contributed by atoms with Crippen LogP contribution in [0.2, 0.25) is 0 Å². The largest absolute Gasteiger partial charge is 0.388 e. The fourth-order valence-corrected chi connectivity index (χ4v) is 2.50. The van der Waals surface area contributed by atoms with Crippen LogP contribution in [-0.4, -0.2) is 33.0 Å². The maximum atomic E-state index is 13.3. The van der Waals surface area contributed by atoms with Crippen molar-refractivity contribution in [1.82, 2.24) is 9.55 Å². The molecule has 1 aromatic rings. The molecule has 2 heterocycles. The van der Waals surface area contributed by atoms with Gasteiger partial charge in [-0.1, -0.05) is 13.8 Å². The summed E-state index contributed by atoms with van der Waals surface area (Å²) in [6.07, 6.45) is -1.47. The molecular weight excluding hydrogens is 274 g/mol. The van der Waals surface area contributed by atoms with Crippen LogP contribution in [0.1, 0.15) is 26.5 Å². The maximum Gasteiger partial charge on any atom is 0.330 e. The smallest absolute Gasteiger partial charge is 0.330 e. The van der Waals surface area contributed by atoms with E-state index in [9.17, 15) is 23.5 Å². The summed E-state index contributed by atoms with van der Waals surface area (Å²) in [6, 6.07) is 0. The van der Waals surface area contributed by atoms with Crippen LogP contribution in [-0.2, 0) is 4.74 Å². The first-order valence-electron chi connectivity index (χ1n) is 6.29. The Morgan fingerprint density at radius 2 is 2.20 bits per heavy atom. The molecule has 0 bridgehead atoms. The van der Waals surface area contributed by atoms with Gasteiger partial charge in [-0.15, -0.1) is 0 Å². The zero-order valence-electron chi connectivity index (χ0n) is 11.1. The second kappa shape index (κ2) is 5.10. The molecule has 8 heteroatoms. The third kappa shape index (κ3) is 2.08. The van der Waals surface area contributed by atoms with Gasteiger partial charge in [-0.2, -0.15) is 4.39 Å². The van der Waals surface area contributed by atoms with Gasteiger partial charge in [-0.25, -0.2) is 9.18 Å². The maximum absolute atomic E-state index is 13.3. The molecule has 1 aliphatic heterocycles. The number of hydrogen-bond donors (Lipinski definition) is 2. The number of aromatic amines is 1. The number of rotatable bonds is 3. The average molecular weight is 290 g/mol. The molecule has 0 aromatic carbocycles. The number of nitrogens with one attached hydrogen (secondary N) is 1. The van der Waals surface area contributed by atoms with E-state index in [0.717, 1.165) is 4.57 Å². The van der Waals surface area contributed by atoms with Crippen LogP contribution < -0.4 is 11.2 Å². The molecule has 6 nitrogen and oxygen atoms in total. The summed E-state index contributed by atoms with van der Waals surface area (Å²) in [7, 11) is 0. The summed E-state index contributed by atoms with van der Waals surface area (Å²) in [5.74, 6) is -1.76. The number of H-pyrrole nitrogens is 1. The Kier molecular flexibility index (Phi) is 3.79. The van der Waals surface area contributed by atoms with E-state index in [0.29, 0.717) is 12.6 Å². The lowest BCUT2D eigenvalue weighted by atomic mass is 9.86. The molecule has 20 heavy (non-hydrogen) atoms. The van der Waals surface area contributed by atoms with Crippen molar-refractivity contribution in [1.29, 1.82) is 0 Å². The molecule has 2 N–H and O–H groups in total. The van der Waals surface area contributed by atoms with Crippen LogP contribution in [0.25, 0.3) is 0 Å². The lowest BCUT2D eigenvalue weighted by Crippen LogP contribution is -2.38. The summed E-state index contributed by atoms with van der Waals surface area (Å²) in [4.78, 5) is 24.4.